The van der Waals surface area contributed by atoms with E-state index in [9.17, 15) is 9.59 Å². The normalized spacial score (nSPS) is 10.9. The predicted molar refractivity (Wildman–Crippen MR) is 157 cm³/mol. The molecule has 0 spiro atoms. The van der Waals surface area contributed by atoms with Gasteiger partial charge in [0.1, 0.15) is 18.1 Å². The van der Waals surface area contributed by atoms with Crippen LogP contribution in [0.5, 0.6) is 11.5 Å². The zero-order valence-electron chi connectivity index (χ0n) is 21.6. The van der Waals surface area contributed by atoms with Gasteiger partial charge in [-0.2, -0.15) is 5.10 Å². The maximum atomic E-state index is 13.0. The molecule has 0 fully saturated rings. The van der Waals surface area contributed by atoms with Crippen molar-refractivity contribution in [2.45, 2.75) is 13.5 Å². The first-order valence-corrected chi connectivity index (χ1v) is 13.0. The Morgan fingerprint density at radius 1 is 0.825 bits per heavy atom. The summed E-state index contributed by atoms with van der Waals surface area (Å²) in [7, 11) is 0. The Morgan fingerprint density at radius 2 is 1.55 bits per heavy atom. The molecular formula is C33H25ClN2O4. The van der Waals surface area contributed by atoms with E-state index in [-0.39, 0.29) is 6.61 Å². The molecule has 40 heavy (non-hydrogen) atoms. The van der Waals surface area contributed by atoms with Crippen LogP contribution < -0.4 is 14.9 Å². The van der Waals surface area contributed by atoms with Gasteiger partial charge in [0.05, 0.1) is 17.3 Å². The van der Waals surface area contributed by atoms with Crippen molar-refractivity contribution in [3.05, 3.63) is 142 Å². The molecule has 1 amide bonds. The Balaban J connectivity index is 1.35. The van der Waals surface area contributed by atoms with Gasteiger partial charge < -0.3 is 9.47 Å². The fourth-order valence-corrected chi connectivity index (χ4v) is 4.21. The summed E-state index contributed by atoms with van der Waals surface area (Å²) in [6.07, 6.45) is 1.48. The number of fused-ring (bicyclic) bond motifs is 1. The van der Waals surface area contributed by atoms with Crippen LogP contribution in [0.25, 0.3) is 10.8 Å². The highest BCUT2D eigenvalue weighted by Gasteiger charge is 2.15. The number of ether oxygens (including phenoxy) is 2. The molecule has 0 aliphatic heterocycles. The average Bonchev–Trinajstić information content (AvgIpc) is 2.98. The summed E-state index contributed by atoms with van der Waals surface area (Å²) in [6.45, 7) is 2.22. The number of esters is 1. The number of halogens is 1. The van der Waals surface area contributed by atoms with Gasteiger partial charge in [-0.1, -0.05) is 83.9 Å². The molecular weight excluding hydrogens is 524 g/mol. The molecule has 0 aliphatic carbocycles. The first-order chi connectivity index (χ1) is 19.5. The number of nitrogens with one attached hydrogen (secondary N) is 1. The van der Waals surface area contributed by atoms with Crippen LogP contribution in [0.15, 0.2) is 114 Å². The number of nitrogens with zero attached hydrogens (tertiary/aromatic N) is 1. The van der Waals surface area contributed by atoms with Crippen LogP contribution in [0, 0.1) is 6.92 Å². The fraction of sp³-hybridized carbons (Fsp3) is 0.0606. The quantitative estimate of drug-likeness (QED) is 0.0950. The van der Waals surface area contributed by atoms with Crippen molar-refractivity contribution >= 4 is 40.5 Å². The number of hydrogen-bond acceptors (Lipinski definition) is 5. The number of aryl methyl sites for hydroxylation is 1. The number of carbonyl (C=O) groups excluding carboxylic acids is 2. The molecule has 0 bridgehead atoms. The summed E-state index contributed by atoms with van der Waals surface area (Å²) in [5, 5.41) is 6.60. The Kier molecular flexibility index (Phi) is 8.18. The second-order valence-corrected chi connectivity index (χ2v) is 9.50. The number of rotatable bonds is 8. The van der Waals surface area contributed by atoms with Crippen LogP contribution in [0.4, 0.5) is 0 Å². The monoisotopic (exact) mass is 548 g/mol. The van der Waals surface area contributed by atoms with Gasteiger partial charge in [0.15, 0.2) is 0 Å². The van der Waals surface area contributed by atoms with E-state index in [0.717, 1.165) is 21.9 Å². The molecule has 0 radical (unpaired) electrons. The van der Waals surface area contributed by atoms with E-state index in [1.807, 2.05) is 61.5 Å². The minimum Gasteiger partial charge on any atom is -0.488 e. The zero-order valence-corrected chi connectivity index (χ0v) is 22.4. The summed E-state index contributed by atoms with van der Waals surface area (Å²) in [6, 6.07) is 32.6. The Bertz CT molecular complexity index is 1700. The van der Waals surface area contributed by atoms with E-state index >= 15 is 0 Å². The van der Waals surface area contributed by atoms with Crippen molar-refractivity contribution in [3.8, 4) is 11.5 Å². The van der Waals surface area contributed by atoms with Gasteiger partial charge in [-0.3, -0.25) is 4.79 Å². The SMILES string of the molecule is Cc1ccc(C(=O)Oc2ccc3ccccc3c2/C=N/NC(=O)c2ccccc2OCc2ccc(Cl)cc2)cc1. The summed E-state index contributed by atoms with van der Waals surface area (Å²) in [5.41, 5.74) is 5.86. The highest BCUT2D eigenvalue weighted by Crippen LogP contribution is 2.28. The lowest BCUT2D eigenvalue weighted by molar-refractivity contribution is 0.0734. The van der Waals surface area contributed by atoms with Crippen molar-refractivity contribution < 1.29 is 19.1 Å². The molecule has 5 aromatic carbocycles. The molecule has 0 atom stereocenters. The summed E-state index contributed by atoms with van der Waals surface area (Å²) in [4.78, 5) is 25.9. The molecule has 7 heteroatoms. The molecule has 5 rings (SSSR count). The predicted octanol–water partition coefficient (Wildman–Crippen LogP) is 7.36. The first kappa shape index (κ1) is 26.7. The van der Waals surface area contributed by atoms with Crippen LogP contribution in [-0.4, -0.2) is 18.1 Å². The molecule has 0 aliphatic rings. The van der Waals surface area contributed by atoms with Crippen LogP contribution in [0.1, 0.15) is 37.4 Å². The van der Waals surface area contributed by atoms with Crippen molar-refractivity contribution in [1.29, 1.82) is 0 Å². The standard InChI is InChI=1S/C33H25ClN2O4/c1-22-10-14-25(15-11-22)33(38)40-31-19-16-24-6-2-3-7-27(24)29(31)20-35-36-32(37)28-8-4-5-9-30(28)39-21-23-12-17-26(34)18-13-23/h2-20H,21H2,1H3,(H,36,37)/b35-20+. The lowest BCUT2D eigenvalue weighted by atomic mass is 10.0. The van der Waals surface area contributed by atoms with Crippen LogP contribution in [0.3, 0.4) is 0 Å². The van der Waals surface area contributed by atoms with E-state index < -0.39 is 11.9 Å². The summed E-state index contributed by atoms with van der Waals surface area (Å²) < 4.78 is 11.7. The minimum atomic E-state index is -0.485. The largest absolute Gasteiger partial charge is 0.488 e. The second-order valence-electron chi connectivity index (χ2n) is 9.06. The van der Waals surface area contributed by atoms with Crippen LogP contribution in [-0.2, 0) is 6.61 Å². The minimum absolute atomic E-state index is 0.274. The van der Waals surface area contributed by atoms with E-state index in [0.29, 0.717) is 33.2 Å². The highest BCUT2D eigenvalue weighted by molar-refractivity contribution is 6.30. The molecule has 0 aromatic heterocycles. The van der Waals surface area contributed by atoms with Gasteiger partial charge in [0.2, 0.25) is 0 Å². The van der Waals surface area contributed by atoms with Gasteiger partial charge in [-0.25, -0.2) is 10.2 Å². The molecule has 1 N–H and O–H groups in total. The number of carbonyl (C=O) groups is 2. The van der Waals surface area contributed by atoms with Gasteiger partial charge in [-0.05, 0) is 65.7 Å². The van der Waals surface area contributed by atoms with E-state index in [1.165, 1.54) is 6.21 Å². The summed E-state index contributed by atoms with van der Waals surface area (Å²) >= 11 is 5.96. The zero-order chi connectivity index (χ0) is 27.9. The maximum Gasteiger partial charge on any atom is 0.343 e. The molecule has 0 unspecified atom stereocenters. The third-order valence-electron chi connectivity index (χ3n) is 6.22. The third-order valence-corrected chi connectivity index (χ3v) is 6.47. The molecule has 0 heterocycles. The van der Waals surface area contributed by atoms with Crippen molar-refractivity contribution in [2.75, 3.05) is 0 Å². The number of para-hydroxylation sites is 1. The molecule has 6 nitrogen and oxygen atoms in total. The summed E-state index contributed by atoms with van der Waals surface area (Å²) in [5.74, 6) is -0.181. The van der Waals surface area contributed by atoms with Gasteiger partial charge in [0.25, 0.3) is 5.91 Å². The molecule has 0 saturated heterocycles. The average molecular weight is 549 g/mol. The molecule has 5 aromatic rings. The number of hydrogen-bond donors (Lipinski definition) is 1. The Labute approximate surface area is 236 Å². The number of hydrazone groups is 1. The Hall–Kier alpha value is -4.94. The smallest absolute Gasteiger partial charge is 0.343 e. The highest BCUT2D eigenvalue weighted by atomic mass is 35.5. The maximum absolute atomic E-state index is 13.0. The van der Waals surface area contributed by atoms with E-state index in [2.05, 4.69) is 10.5 Å². The van der Waals surface area contributed by atoms with Gasteiger partial charge in [0, 0.05) is 10.6 Å². The van der Waals surface area contributed by atoms with E-state index in [4.69, 9.17) is 21.1 Å². The molecule has 198 valence electrons. The van der Waals surface area contributed by atoms with Gasteiger partial charge >= 0.3 is 5.97 Å². The number of benzene rings is 5. The topological polar surface area (TPSA) is 77.0 Å². The lowest BCUT2D eigenvalue weighted by Gasteiger charge is -2.12. The second kappa shape index (κ2) is 12.3. The fourth-order valence-electron chi connectivity index (χ4n) is 4.08. The van der Waals surface area contributed by atoms with Crippen molar-refractivity contribution in [1.82, 2.24) is 5.43 Å². The molecule has 0 saturated carbocycles. The third kappa shape index (κ3) is 6.37. The lowest BCUT2D eigenvalue weighted by Crippen LogP contribution is -2.19. The first-order valence-electron chi connectivity index (χ1n) is 12.6. The van der Waals surface area contributed by atoms with Crippen molar-refractivity contribution in [3.63, 3.8) is 0 Å². The van der Waals surface area contributed by atoms with Crippen molar-refractivity contribution in [2.24, 2.45) is 5.10 Å². The van der Waals surface area contributed by atoms with Crippen LogP contribution in [0.2, 0.25) is 5.02 Å². The Morgan fingerprint density at radius 3 is 2.35 bits per heavy atom. The van der Waals surface area contributed by atoms with E-state index in [1.54, 1.807) is 54.6 Å². The van der Waals surface area contributed by atoms with Crippen LogP contribution >= 0.6 is 11.6 Å². The van der Waals surface area contributed by atoms with Gasteiger partial charge in [-0.15, -0.1) is 0 Å². The number of amides is 1.